The molecule has 0 unspecified atom stereocenters. The van der Waals surface area contributed by atoms with E-state index in [1.165, 1.54) is 19.4 Å². The summed E-state index contributed by atoms with van der Waals surface area (Å²) >= 11 is 0. The lowest BCUT2D eigenvalue weighted by Crippen LogP contribution is -2.20. The Bertz CT molecular complexity index is 358. The van der Waals surface area contributed by atoms with Gasteiger partial charge in [0.15, 0.2) is 6.61 Å². The molecule has 4 nitrogen and oxygen atoms in total. The van der Waals surface area contributed by atoms with Crippen LogP contribution in [0.25, 0.3) is 0 Å². The number of nitrogens with two attached hydrogens (primary N) is 1. The molecule has 0 fully saturated rings. The molecule has 1 rings (SSSR count). The maximum absolute atomic E-state index is 11.9. The molecular formula is C10H13F3N2O2. The van der Waals surface area contributed by atoms with E-state index in [-0.39, 0.29) is 12.5 Å². The Morgan fingerprint density at radius 3 is 2.76 bits per heavy atom. The second-order valence-electron chi connectivity index (χ2n) is 3.39. The molecule has 0 saturated heterocycles. The fraction of sp³-hybridized carbons (Fsp3) is 0.500. The minimum absolute atomic E-state index is 0.105. The van der Waals surface area contributed by atoms with Crippen LogP contribution in [0.2, 0.25) is 0 Å². The Labute approximate surface area is 96.5 Å². The van der Waals surface area contributed by atoms with Crippen LogP contribution in [0.1, 0.15) is 11.6 Å². The molecule has 0 aliphatic heterocycles. The predicted molar refractivity (Wildman–Crippen MR) is 54.6 cm³/mol. The zero-order valence-electron chi connectivity index (χ0n) is 9.20. The first-order valence-electron chi connectivity index (χ1n) is 4.82. The summed E-state index contributed by atoms with van der Waals surface area (Å²) in [7, 11) is 1.49. The fourth-order valence-electron chi connectivity index (χ4n) is 1.17. The standard InChI is InChI=1S/C10H13F3N2O2/c1-16-5-8(14)7-2-3-15-9(4-7)17-6-10(11,12)13/h2-4,8H,5-6,14H2,1H3/t8-/m0/s1. The summed E-state index contributed by atoms with van der Waals surface area (Å²) in [5.74, 6) is -0.105. The molecule has 0 amide bonds. The number of nitrogens with zero attached hydrogens (tertiary/aromatic N) is 1. The monoisotopic (exact) mass is 250 g/mol. The summed E-state index contributed by atoms with van der Waals surface area (Å²) in [4.78, 5) is 3.67. The van der Waals surface area contributed by atoms with Gasteiger partial charge in [-0.1, -0.05) is 0 Å². The van der Waals surface area contributed by atoms with Crippen LogP contribution in [0, 0.1) is 0 Å². The summed E-state index contributed by atoms with van der Waals surface area (Å²) in [6, 6.07) is 2.55. The molecule has 0 spiro atoms. The lowest BCUT2D eigenvalue weighted by molar-refractivity contribution is -0.154. The number of ether oxygens (including phenoxy) is 2. The van der Waals surface area contributed by atoms with Gasteiger partial charge in [0.2, 0.25) is 5.88 Å². The Kier molecular flexibility index (Phi) is 4.71. The van der Waals surface area contributed by atoms with Crippen LogP contribution in [-0.4, -0.2) is 31.5 Å². The number of aromatic nitrogens is 1. The lowest BCUT2D eigenvalue weighted by atomic mass is 10.1. The first kappa shape index (κ1) is 13.7. The largest absolute Gasteiger partial charge is 0.468 e. The van der Waals surface area contributed by atoms with Crippen LogP contribution in [0.5, 0.6) is 5.88 Å². The van der Waals surface area contributed by atoms with E-state index in [1.54, 1.807) is 6.07 Å². The highest BCUT2D eigenvalue weighted by Gasteiger charge is 2.28. The van der Waals surface area contributed by atoms with E-state index in [1.807, 2.05) is 0 Å². The number of methoxy groups -OCH3 is 1. The maximum atomic E-state index is 11.9. The van der Waals surface area contributed by atoms with Gasteiger partial charge in [0, 0.05) is 19.4 Å². The maximum Gasteiger partial charge on any atom is 0.422 e. The Morgan fingerprint density at radius 2 is 2.18 bits per heavy atom. The first-order chi connectivity index (χ1) is 7.92. The number of hydrogen-bond donors (Lipinski definition) is 1. The van der Waals surface area contributed by atoms with Crippen molar-refractivity contribution in [1.29, 1.82) is 0 Å². The molecule has 1 aromatic heterocycles. The minimum atomic E-state index is -4.38. The SMILES string of the molecule is COC[C@H](N)c1ccnc(OCC(F)(F)F)c1. The average Bonchev–Trinajstić information content (AvgIpc) is 2.26. The van der Waals surface area contributed by atoms with Gasteiger partial charge in [-0.15, -0.1) is 0 Å². The molecule has 1 atom stereocenters. The molecular weight excluding hydrogens is 237 g/mol. The van der Waals surface area contributed by atoms with Crippen molar-refractivity contribution < 1.29 is 22.6 Å². The van der Waals surface area contributed by atoms with Gasteiger partial charge in [-0.05, 0) is 11.6 Å². The quantitative estimate of drug-likeness (QED) is 0.863. The van der Waals surface area contributed by atoms with Gasteiger partial charge < -0.3 is 15.2 Å². The van der Waals surface area contributed by atoms with Crippen molar-refractivity contribution in [2.45, 2.75) is 12.2 Å². The van der Waals surface area contributed by atoms with E-state index < -0.39 is 18.8 Å². The molecule has 7 heteroatoms. The van der Waals surface area contributed by atoms with E-state index in [2.05, 4.69) is 9.72 Å². The van der Waals surface area contributed by atoms with Crippen molar-refractivity contribution in [1.82, 2.24) is 4.98 Å². The number of alkyl halides is 3. The predicted octanol–water partition coefficient (Wildman–Crippen LogP) is 1.67. The molecule has 17 heavy (non-hydrogen) atoms. The van der Waals surface area contributed by atoms with Gasteiger partial charge >= 0.3 is 6.18 Å². The molecule has 0 aliphatic carbocycles. The Morgan fingerprint density at radius 1 is 1.47 bits per heavy atom. The van der Waals surface area contributed by atoms with Crippen molar-refractivity contribution in [2.24, 2.45) is 5.73 Å². The second kappa shape index (κ2) is 5.83. The average molecular weight is 250 g/mol. The first-order valence-corrected chi connectivity index (χ1v) is 4.82. The third-order valence-corrected chi connectivity index (χ3v) is 1.92. The number of rotatable bonds is 5. The Hall–Kier alpha value is -1.34. The summed E-state index contributed by atoms with van der Waals surface area (Å²) in [6.45, 7) is -1.11. The molecule has 2 N–H and O–H groups in total. The Balaban J connectivity index is 2.66. The van der Waals surface area contributed by atoms with Crippen LogP contribution in [0.4, 0.5) is 13.2 Å². The van der Waals surface area contributed by atoms with Crippen molar-refractivity contribution >= 4 is 0 Å². The van der Waals surface area contributed by atoms with Crippen molar-refractivity contribution in [3.05, 3.63) is 23.9 Å². The highest BCUT2D eigenvalue weighted by Crippen LogP contribution is 2.19. The molecule has 1 heterocycles. The zero-order chi connectivity index (χ0) is 12.9. The van der Waals surface area contributed by atoms with Crippen molar-refractivity contribution in [2.75, 3.05) is 20.3 Å². The summed E-state index contributed by atoms with van der Waals surface area (Å²) in [5.41, 5.74) is 6.34. The van der Waals surface area contributed by atoms with Gasteiger partial charge in [0.25, 0.3) is 0 Å². The topological polar surface area (TPSA) is 57.4 Å². The van der Waals surface area contributed by atoms with Crippen molar-refractivity contribution in [3.63, 3.8) is 0 Å². The zero-order valence-corrected chi connectivity index (χ0v) is 9.20. The second-order valence-corrected chi connectivity index (χ2v) is 3.39. The normalized spacial score (nSPS) is 13.5. The van der Waals surface area contributed by atoms with Crippen LogP contribution in [0.15, 0.2) is 18.3 Å². The van der Waals surface area contributed by atoms with Crippen molar-refractivity contribution in [3.8, 4) is 5.88 Å². The van der Waals surface area contributed by atoms with Crippen LogP contribution in [-0.2, 0) is 4.74 Å². The molecule has 0 aliphatic rings. The lowest BCUT2D eigenvalue weighted by Gasteiger charge is -2.12. The van der Waals surface area contributed by atoms with E-state index >= 15 is 0 Å². The fourth-order valence-corrected chi connectivity index (χ4v) is 1.17. The van der Waals surface area contributed by atoms with Gasteiger partial charge in [0.05, 0.1) is 12.6 Å². The third-order valence-electron chi connectivity index (χ3n) is 1.92. The smallest absolute Gasteiger partial charge is 0.422 e. The van der Waals surface area contributed by atoms with E-state index in [4.69, 9.17) is 10.5 Å². The summed E-state index contributed by atoms with van der Waals surface area (Å²) < 4.78 is 45.1. The van der Waals surface area contributed by atoms with E-state index in [9.17, 15) is 13.2 Å². The third kappa shape index (κ3) is 5.01. The summed E-state index contributed by atoms with van der Waals surface area (Å²) in [6.07, 6.45) is -3.04. The van der Waals surface area contributed by atoms with Gasteiger partial charge in [-0.2, -0.15) is 13.2 Å². The van der Waals surface area contributed by atoms with Crippen LogP contribution < -0.4 is 10.5 Å². The molecule has 96 valence electrons. The molecule has 0 saturated carbocycles. The number of pyridine rings is 1. The molecule has 0 radical (unpaired) electrons. The molecule has 0 aromatic carbocycles. The highest BCUT2D eigenvalue weighted by molar-refractivity contribution is 5.23. The van der Waals surface area contributed by atoms with Crippen LogP contribution in [0.3, 0.4) is 0 Å². The minimum Gasteiger partial charge on any atom is -0.468 e. The van der Waals surface area contributed by atoms with Crippen LogP contribution >= 0.6 is 0 Å². The van der Waals surface area contributed by atoms with E-state index in [0.717, 1.165) is 0 Å². The van der Waals surface area contributed by atoms with E-state index in [0.29, 0.717) is 5.56 Å². The van der Waals surface area contributed by atoms with Gasteiger partial charge in [-0.3, -0.25) is 0 Å². The van der Waals surface area contributed by atoms with Gasteiger partial charge in [-0.25, -0.2) is 4.98 Å². The molecule has 1 aromatic rings. The molecule has 0 bridgehead atoms. The summed E-state index contributed by atoms with van der Waals surface area (Å²) in [5, 5.41) is 0. The highest BCUT2D eigenvalue weighted by atomic mass is 19.4. The number of hydrogen-bond acceptors (Lipinski definition) is 4. The van der Waals surface area contributed by atoms with Gasteiger partial charge in [0.1, 0.15) is 0 Å². The number of halogens is 3.